The van der Waals surface area contributed by atoms with Crippen molar-refractivity contribution >= 4 is 17.4 Å². The first-order valence-corrected chi connectivity index (χ1v) is 6.81. The molecule has 116 valence electrons. The smallest absolute Gasteiger partial charge is 0.123 e. The third-order valence-electron chi connectivity index (χ3n) is 3.13. The van der Waals surface area contributed by atoms with Crippen LogP contribution in [0.25, 0.3) is 0 Å². The number of nitrogens with one attached hydrogen (secondary N) is 1. The zero-order chi connectivity index (χ0) is 16.1. The maximum atomic E-state index is 12.8. The fraction of sp³-hybridized carbons (Fsp3) is 0.250. The Balaban J connectivity index is 2.07. The summed E-state index contributed by atoms with van der Waals surface area (Å²) in [6.07, 6.45) is 0.193. The van der Waals surface area contributed by atoms with Gasteiger partial charge in [0.1, 0.15) is 17.3 Å². The van der Waals surface area contributed by atoms with E-state index in [1.54, 1.807) is 32.0 Å². The number of benzene rings is 1. The number of halogens is 1. The molecular weight excluding hydrogens is 287 g/mol. The fourth-order valence-corrected chi connectivity index (χ4v) is 1.98. The summed E-state index contributed by atoms with van der Waals surface area (Å²) in [5, 5.41) is 14.7. The minimum Gasteiger partial charge on any atom is -0.550 e. The molecule has 1 heterocycles. The number of furan rings is 1. The SMILES string of the molecule is C/C(=N/Nc1ccc(F)cc1)c1cc(CCC(=O)[O-])oc1C. The van der Waals surface area contributed by atoms with Crippen LogP contribution in [-0.4, -0.2) is 11.7 Å². The molecule has 0 unspecified atom stereocenters. The van der Waals surface area contributed by atoms with Crippen LogP contribution in [0.4, 0.5) is 10.1 Å². The maximum absolute atomic E-state index is 12.8. The van der Waals surface area contributed by atoms with Gasteiger partial charge >= 0.3 is 0 Å². The number of hydrazone groups is 1. The van der Waals surface area contributed by atoms with Gasteiger partial charge in [0, 0.05) is 18.0 Å². The molecule has 0 aliphatic rings. The van der Waals surface area contributed by atoms with Crippen molar-refractivity contribution in [2.45, 2.75) is 26.7 Å². The molecule has 0 saturated heterocycles. The Hall–Kier alpha value is -2.63. The summed E-state index contributed by atoms with van der Waals surface area (Å²) >= 11 is 0. The minimum absolute atomic E-state index is 0.0869. The molecule has 2 aromatic rings. The molecule has 6 heteroatoms. The Morgan fingerprint density at radius 3 is 2.68 bits per heavy atom. The lowest BCUT2D eigenvalue weighted by Gasteiger charge is -2.02. The summed E-state index contributed by atoms with van der Waals surface area (Å²) in [6.45, 7) is 3.59. The number of aryl methyl sites for hydroxylation is 2. The highest BCUT2D eigenvalue weighted by Gasteiger charge is 2.10. The number of carbonyl (C=O) groups excluding carboxylic acids is 1. The third-order valence-corrected chi connectivity index (χ3v) is 3.13. The Morgan fingerprint density at radius 2 is 2.05 bits per heavy atom. The van der Waals surface area contributed by atoms with Crippen molar-refractivity contribution in [1.29, 1.82) is 0 Å². The van der Waals surface area contributed by atoms with Crippen LogP contribution in [0.2, 0.25) is 0 Å². The largest absolute Gasteiger partial charge is 0.550 e. The second-order valence-corrected chi connectivity index (χ2v) is 4.87. The molecular formula is C16H16FN2O3-. The number of hydrogen-bond acceptors (Lipinski definition) is 5. The van der Waals surface area contributed by atoms with Crippen LogP contribution in [0.3, 0.4) is 0 Å². The highest BCUT2D eigenvalue weighted by atomic mass is 19.1. The number of nitrogens with zero attached hydrogens (tertiary/aromatic N) is 1. The molecule has 0 bridgehead atoms. The van der Waals surface area contributed by atoms with Crippen molar-refractivity contribution in [3.63, 3.8) is 0 Å². The Kier molecular flexibility index (Phi) is 4.93. The predicted molar refractivity (Wildman–Crippen MR) is 79.0 cm³/mol. The van der Waals surface area contributed by atoms with Crippen molar-refractivity contribution in [3.05, 3.63) is 53.2 Å². The van der Waals surface area contributed by atoms with Crippen molar-refractivity contribution < 1.29 is 18.7 Å². The first-order valence-electron chi connectivity index (χ1n) is 6.81. The van der Waals surface area contributed by atoms with Crippen molar-refractivity contribution in [2.75, 3.05) is 5.43 Å². The van der Waals surface area contributed by atoms with Gasteiger partial charge in [0.2, 0.25) is 0 Å². The van der Waals surface area contributed by atoms with Crippen molar-refractivity contribution in [3.8, 4) is 0 Å². The maximum Gasteiger partial charge on any atom is 0.123 e. The second-order valence-electron chi connectivity index (χ2n) is 4.87. The summed E-state index contributed by atoms with van der Waals surface area (Å²) in [6, 6.07) is 7.62. The summed E-state index contributed by atoms with van der Waals surface area (Å²) < 4.78 is 18.3. The lowest BCUT2D eigenvalue weighted by Crippen LogP contribution is -2.22. The van der Waals surface area contributed by atoms with Gasteiger partial charge in [0.15, 0.2) is 0 Å². The number of rotatable bonds is 6. The van der Waals surface area contributed by atoms with Gasteiger partial charge in [-0.25, -0.2) is 4.39 Å². The number of aliphatic carboxylic acids is 1. The summed E-state index contributed by atoms with van der Waals surface area (Å²) in [4.78, 5) is 10.5. The normalized spacial score (nSPS) is 11.5. The van der Waals surface area contributed by atoms with E-state index >= 15 is 0 Å². The van der Waals surface area contributed by atoms with Gasteiger partial charge in [0.25, 0.3) is 0 Å². The molecule has 2 rings (SSSR count). The van der Waals surface area contributed by atoms with E-state index in [-0.39, 0.29) is 18.7 Å². The monoisotopic (exact) mass is 303 g/mol. The van der Waals surface area contributed by atoms with E-state index in [0.717, 1.165) is 5.56 Å². The van der Waals surface area contributed by atoms with E-state index in [0.29, 0.717) is 22.9 Å². The van der Waals surface area contributed by atoms with E-state index in [1.807, 2.05) is 0 Å². The van der Waals surface area contributed by atoms with Crippen molar-refractivity contribution in [2.24, 2.45) is 5.10 Å². The van der Waals surface area contributed by atoms with Crippen LogP contribution >= 0.6 is 0 Å². The zero-order valence-electron chi connectivity index (χ0n) is 12.4. The molecule has 1 aromatic carbocycles. The van der Waals surface area contributed by atoms with Gasteiger partial charge in [-0.1, -0.05) is 0 Å². The molecule has 0 spiro atoms. The highest BCUT2D eigenvalue weighted by Crippen LogP contribution is 2.17. The molecule has 22 heavy (non-hydrogen) atoms. The molecule has 1 aromatic heterocycles. The van der Waals surface area contributed by atoms with Crippen LogP contribution in [0.1, 0.15) is 30.4 Å². The molecule has 0 radical (unpaired) electrons. The van der Waals surface area contributed by atoms with Gasteiger partial charge < -0.3 is 14.3 Å². The average molecular weight is 303 g/mol. The van der Waals surface area contributed by atoms with Crippen LogP contribution in [0.15, 0.2) is 39.9 Å². The van der Waals surface area contributed by atoms with Gasteiger partial charge in [-0.05, 0) is 50.6 Å². The summed E-state index contributed by atoms with van der Waals surface area (Å²) in [7, 11) is 0. The molecule has 5 nitrogen and oxygen atoms in total. The zero-order valence-corrected chi connectivity index (χ0v) is 12.4. The fourth-order valence-electron chi connectivity index (χ4n) is 1.98. The van der Waals surface area contributed by atoms with E-state index in [2.05, 4.69) is 10.5 Å². The summed E-state index contributed by atoms with van der Waals surface area (Å²) in [5.41, 5.74) is 4.98. The number of carboxylic acids is 1. The Labute approximate surface area is 127 Å². The lowest BCUT2D eigenvalue weighted by molar-refractivity contribution is -0.305. The van der Waals surface area contributed by atoms with Crippen LogP contribution in [-0.2, 0) is 11.2 Å². The number of anilines is 1. The third kappa shape index (κ3) is 4.18. The molecule has 1 N–H and O–H groups in total. The molecule has 0 aliphatic heterocycles. The summed E-state index contributed by atoms with van der Waals surface area (Å²) in [5.74, 6) is -0.183. The van der Waals surface area contributed by atoms with E-state index < -0.39 is 5.97 Å². The van der Waals surface area contributed by atoms with Crippen LogP contribution in [0, 0.1) is 12.7 Å². The van der Waals surface area contributed by atoms with Crippen LogP contribution in [0.5, 0.6) is 0 Å². The molecule has 0 amide bonds. The highest BCUT2D eigenvalue weighted by molar-refractivity contribution is 6.00. The van der Waals surface area contributed by atoms with Gasteiger partial charge in [0.05, 0.1) is 11.4 Å². The molecule has 0 aliphatic carbocycles. The van der Waals surface area contributed by atoms with E-state index in [9.17, 15) is 14.3 Å². The molecule has 0 atom stereocenters. The van der Waals surface area contributed by atoms with E-state index in [4.69, 9.17) is 4.42 Å². The first kappa shape index (κ1) is 15.8. The average Bonchev–Trinajstić information content (AvgIpc) is 2.85. The van der Waals surface area contributed by atoms with Crippen molar-refractivity contribution in [1.82, 2.24) is 0 Å². The number of carbonyl (C=O) groups is 1. The lowest BCUT2D eigenvalue weighted by atomic mass is 10.1. The standard InChI is InChI=1S/C16H17FN2O3/c1-10(18-19-13-5-3-12(17)4-6-13)15-9-14(22-11(15)2)7-8-16(20)21/h3-6,9,19H,7-8H2,1-2H3,(H,20,21)/p-1/b18-10-. The quantitative estimate of drug-likeness (QED) is 0.656. The number of hydrogen-bond donors (Lipinski definition) is 1. The second kappa shape index (κ2) is 6.89. The topological polar surface area (TPSA) is 77.7 Å². The van der Waals surface area contributed by atoms with Gasteiger partial charge in [-0.3, -0.25) is 5.43 Å². The first-order chi connectivity index (χ1) is 10.5. The molecule has 0 fully saturated rings. The Morgan fingerprint density at radius 1 is 1.36 bits per heavy atom. The van der Waals surface area contributed by atoms with Gasteiger partial charge in [-0.15, -0.1) is 0 Å². The molecule has 0 saturated carbocycles. The van der Waals surface area contributed by atoms with Gasteiger partial charge in [-0.2, -0.15) is 5.10 Å². The van der Waals surface area contributed by atoms with Crippen LogP contribution < -0.4 is 10.5 Å². The minimum atomic E-state index is -1.11. The van der Waals surface area contributed by atoms with E-state index in [1.165, 1.54) is 12.1 Å². The number of carboxylic acid groups (broad SMARTS) is 1. The Bertz CT molecular complexity index is 690. The predicted octanol–water partition coefficient (Wildman–Crippen LogP) is 2.25.